The van der Waals surface area contributed by atoms with Crippen LogP contribution in [0.1, 0.15) is 21.5 Å². The summed E-state index contributed by atoms with van der Waals surface area (Å²) in [7, 11) is 0. The smallest absolute Gasteiger partial charge is 0.289 e. The van der Waals surface area contributed by atoms with Crippen LogP contribution in [0, 0.1) is 0 Å². The topological polar surface area (TPSA) is 17.1 Å². The lowest BCUT2D eigenvalue weighted by Crippen LogP contribution is -2.15. The van der Waals surface area contributed by atoms with Crippen LogP contribution < -0.4 is 0 Å². The van der Waals surface area contributed by atoms with E-state index in [-0.39, 0.29) is 16.7 Å². The highest BCUT2D eigenvalue weighted by molar-refractivity contribution is 6.14. The lowest BCUT2D eigenvalue weighted by molar-refractivity contribution is -0.137. The first-order valence-corrected chi connectivity index (χ1v) is 7.34. The Labute approximate surface area is 137 Å². The van der Waals surface area contributed by atoms with Gasteiger partial charge in [-0.1, -0.05) is 72.8 Å². The number of alkyl halides is 3. The van der Waals surface area contributed by atoms with E-state index in [1.165, 1.54) is 18.2 Å². The van der Waals surface area contributed by atoms with E-state index in [1.807, 2.05) is 0 Å². The fourth-order valence-corrected chi connectivity index (χ4v) is 2.63. The third-order valence-corrected chi connectivity index (χ3v) is 3.72. The van der Waals surface area contributed by atoms with Crippen molar-refractivity contribution in [3.63, 3.8) is 0 Å². The van der Waals surface area contributed by atoms with Gasteiger partial charge in [0.05, 0.1) is 5.56 Å². The van der Waals surface area contributed by atoms with Crippen molar-refractivity contribution in [3.05, 3.63) is 95.6 Å². The van der Waals surface area contributed by atoms with Crippen LogP contribution >= 0.6 is 0 Å². The van der Waals surface area contributed by atoms with Gasteiger partial charge in [-0.05, 0) is 17.2 Å². The molecule has 0 heterocycles. The second-order valence-corrected chi connectivity index (χ2v) is 5.29. The predicted octanol–water partition coefficient (Wildman–Crippen LogP) is 5.60. The van der Waals surface area contributed by atoms with Crippen molar-refractivity contribution in [3.8, 4) is 11.1 Å². The van der Waals surface area contributed by atoms with Crippen molar-refractivity contribution in [1.29, 1.82) is 0 Å². The first-order valence-electron chi connectivity index (χ1n) is 7.34. The molecule has 0 unspecified atom stereocenters. The summed E-state index contributed by atoms with van der Waals surface area (Å²) < 4.78 is 40.4. The summed E-state index contributed by atoms with van der Waals surface area (Å²) in [5.41, 5.74) is -0.159. The van der Waals surface area contributed by atoms with Gasteiger partial charge in [-0.25, -0.2) is 0 Å². The minimum absolute atomic E-state index is 0.228. The Morgan fingerprint density at radius 3 is 1.88 bits per heavy atom. The van der Waals surface area contributed by atoms with E-state index in [4.69, 9.17) is 0 Å². The molecule has 0 saturated heterocycles. The van der Waals surface area contributed by atoms with Crippen LogP contribution in [-0.4, -0.2) is 5.78 Å². The van der Waals surface area contributed by atoms with E-state index < -0.39 is 17.5 Å². The molecule has 0 amide bonds. The number of halogens is 3. The lowest BCUT2D eigenvalue weighted by atomic mass is 9.90. The first kappa shape index (κ1) is 16.0. The van der Waals surface area contributed by atoms with Crippen LogP contribution in [0.5, 0.6) is 0 Å². The summed E-state index contributed by atoms with van der Waals surface area (Å²) in [6.07, 6.45) is -4.61. The maximum Gasteiger partial charge on any atom is 0.417 e. The van der Waals surface area contributed by atoms with Gasteiger partial charge < -0.3 is 0 Å². The standard InChI is InChI=1S/C20H13F3O/c21-20(22,23)17-13-7-12-16(14-8-3-1-4-9-14)18(17)19(24)15-10-5-2-6-11-15/h1-13H. The zero-order valence-electron chi connectivity index (χ0n) is 12.5. The Bertz CT molecular complexity index is 853. The summed E-state index contributed by atoms with van der Waals surface area (Å²) in [6.45, 7) is 0. The summed E-state index contributed by atoms with van der Waals surface area (Å²) in [5.74, 6) is -0.637. The molecule has 0 aliphatic rings. The molecule has 120 valence electrons. The molecular formula is C20H13F3O. The van der Waals surface area contributed by atoms with E-state index in [9.17, 15) is 18.0 Å². The van der Waals surface area contributed by atoms with Crippen molar-refractivity contribution >= 4 is 5.78 Å². The molecule has 0 bridgehead atoms. The molecule has 4 heteroatoms. The van der Waals surface area contributed by atoms with Crippen molar-refractivity contribution in [1.82, 2.24) is 0 Å². The molecule has 0 aliphatic heterocycles. The Balaban J connectivity index is 2.27. The molecule has 3 rings (SSSR count). The molecular weight excluding hydrogens is 313 g/mol. The third-order valence-electron chi connectivity index (χ3n) is 3.72. The van der Waals surface area contributed by atoms with Gasteiger partial charge in [0, 0.05) is 11.1 Å². The summed E-state index contributed by atoms with van der Waals surface area (Å²) in [6, 6.07) is 20.4. The van der Waals surface area contributed by atoms with Crippen LogP contribution in [0.4, 0.5) is 13.2 Å². The Morgan fingerprint density at radius 1 is 0.708 bits per heavy atom. The second-order valence-electron chi connectivity index (χ2n) is 5.29. The van der Waals surface area contributed by atoms with E-state index >= 15 is 0 Å². The number of hydrogen-bond acceptors (Lipinski definition) is 1. The van der Waals surface area contributed by atoms with E-state index in [0.717, 1.165) is 6.07 Å². The highest BCUT2D eigenvalue weighted by Gasteiger charge is 2.36. The van der Waals surface area contributed by atoms with E-state index in [1.54, 1.807) is 54.6 Å². The molecule has 3 aromatic carbocycles. The lowest BCUT2D eigenvalue weighted by Gasteiger charge is -2.16. The second kappa shape index (κ2) is 6.32. The number of carbonyl (C=O) groups excluding carboxylic acids is 1. The van der Waals surface area contributed by atoms with Gasteiger partial charge in [-0.2, -0.15) is 13.2 Å². The number of carbonyl (C=O) groups is 1. The molecule has 3 aromatic rings. The van der Waals surface area contributed by atoms with Crippen LogP contribution in [0.2, 0.25) is 0 Å². The molecule has 0 fully saturated rings. The molecule has 0 N–H and O–H groups in total. The Morgan fingerprint density at radius 2 is 1.29 bits per heavy atom. The van der Waals surface area contributed by atoms with Gasteiger partial charge >= 0.3 is 6.18 Å². The molecule has 0 aliphatic carbocycles. The first-order chi connectivity index (χ1) is 11.5. The fourth-order valence-electron chi connectivity index (χ4n) is 2.63. The van der Waals surface area contributed by atoms with Crippen molar-refractivity contribution in [2.75, 3.05) is 0 Å². The summed E-state index contributed by atoms with van der Waals surface area (Å²) in [4.78, 5) is 12.8. The molecule has 0 aromatic heterocycles. The fraction of sp³-hybridized carbons (Fsp3) is 0.0500. The largest absolute Gasteiger partial charge is 0.417 e. The van der Waals surface area contributed by atoms with Gasteiger partial charge in [0.25, 0.3) is 0 Å². The summed E-state index contributed by atoms with van der Waals surface area (Å²) >= 11 is 0. The SMILES string of the molecule is O=C(c1ccccc1)c1c(-c2ccccc2)cccc1C(F)(F)F. The number of benzene rings is 3. The summed E-state index contributed by atoms with van der Waals surface area (Å²) in [5, 5.41) is 0. The van der Waals surface area contributed by atoms with Crippen LogP contribution in [0.15, 0.2) is 78.9 Å². The Kier molecular flexibility index (Phi) is 4.21. The number of hydrogen-bond donors (Lipinski definition) is 0. The van der Waals surface area contributed by atoms with Gasteiger partial charge in [0.2, 0.25) is 0 Å². The quantitative estimate of drug-likeness (QED) is 0.572. The number of rotatable bonds is 3. The van der Waals surface area contributed by atoms with Gasteiger partial charge in [-0.3, -0.25) is 4.79 Å². The average molecular weight is 326 g/mol. The van der Waals surface area contributed by atoms with Crippen LogP contribution in [0.25, 0.3) is 11.1 Å². The maximum absolute atomic E-state index is 13.5. The zero-order chi connectivity index (χ0) is 17.2. The number of ketones is 1. The highest BCUT2D eigenvalue weighted by Crippen LogP contribution is 2.37. The molecule has 0 radical (unpaired) electrons. The molecule has 1 nitrogen and oxygen atoms in total. The highest BCUT2D eigenvalue weighted by atomic mass is 19.4. The minimum Gasteiger partial charge on any atom is -0.289 e. The van der Waals surface area contributed by atoms with Crippen LogP contribution in [-0.2, 0) is 6.18 Å². The molecule has 0 spiro atoms. The van der Waals surface area contributed by atoms with Gasteiger partial charge in [0.1, 0.15) is 0 Å². The van der Waals surface area contributed by atoms with E-state index in [0.29, 0.717) is 5.56 Å². The molecule has 0 saturated carbocycles. The Hall–Kier alpha value is -2.88. The molecule has 0 atom stereocenters. The monoisotopic (exact) mass is 326 g/mol. The molecule has 24 heavy (non-hydrogen) atoms. The van der Waals surface area contributed by atoms with Gasteiger partial charge in [0.15, 0.2) is 5.78 Å². The van der Waals surface area contributed by atoms with Crippen molar-refractivity contribution in [2.24, 2.45) is 0 Å². The third kappa shape index (κ3) is 3.08. The van der Waals surface area contributed by atoms with Crippen molar-refractivity contribution in [2.45, 2.75) is 6.18 Å². The van der Waals surface area contributed by atoms with Crippen LogP contribution in [0.3, 0.4) is 0 Å². The van der Waals surface area contributed by atoms with Crippen molar-refractivity contribution < 1.29 is 18.0 Å². The minimum atomic E-state index is -4.61. The average Bonchev–Trinajstić information content (AvgIpc) is 2.61. The zero-order valence-corrected chi connectivity index (χ0v) is 12.5. The normalized spacial score (nSPS) is 11.3. The maximum atomic E-state index is 13.5. The predicted molar refractivity (Wildman–Crippen MR) is 86.8 cm³/mol. The van der Waals surface area contributed by atoms with E-state index in [2.05, 4.69) is 0 Å². The van der Waals surface area contributed by atoms with Gasteiger partial charge in [-0.15, -0.1) is 0 Å².